The van der Waals surface area contributed by atoms with Crippen molar-refractivity contribution >= 4 is 0 Å². The maximum Gasteiger partial charge on any atom is 0.232 e. The zero-order valence-corrected chi connectivity index (χ0v) is 11.8. The zero-order valence-electron chi connectivity index (χ0n) is 11.8. The Balaban J connectivity index is 1.99. The van der Waals surface area contributed by atoms with Crippen LogP contribution in [-0.4, -0.2) is 33.7 Å². The number of piperidine rings is 1. The molecular formula is C13H24N4O. The molecule has 102 valence electrons. The smallest absolute Gasteiger partial charge is 0.232 e. The van der Waals surface area contributed by atoms with Crippen molar-refractivity contribution in [3.05, 3.63) is 11.7 Å². The largest absolute Gasteiger partial charge is 0.339 e. The van der Waals surface area contributed by atoms with E-state index >= 15 is 0 Å². The molecule has 5 nitrogen and oxygen atoms in total. The molecule has 1 aliphatic rings. The standard InChI is InChI=1S/C13H24N4O/c1-9-7-10(14)5-6-17(9)8-11-15-12(18-16-11)13(2,3)4/h9-10H,5-8,14H2,1-4H3. The predicted molar refractivity (Wildman–Crippen MR) is 70.1 cm³/mol. The van der Waals surface area contributed by atoms with Crippen molar-refractivity contribution in [1.82, 2.24) is 15.0 Å². The summed E-state index contributed by atoms with van der Waals surface area (Å²) in [5.74, 6) is 1.49. The lowest BCUT2D eigenvalue weighted by atomic mass is 9.97. The zero-order chi connectivity index (χ0) is 13.3. The maximum atomic E-state index is 5.97. The molecule has 1 fully saturated rings. The number of hydrogen-bond acceptors (Lipinski definition) is 5. The van der Waals surface area contributed by atoms with Crippen LogP contribution in [-0.2, 0) is 12.0 Å². The summed E-state index contributed by atoms with van der Waals surface area (Å²) >= 11 is 0. The first-order chi connectivity index (χ1) is 8.36. The van der Waals surface area contributed by atoms with Crippen LogP contribution >= 0.6 is 0 Å². The number of rotatable bonds is 2. The minimum atomic E-state index is -0.0822. The molecule has 0 amide bonds. The summed E-state index contributed by atoms with van der Waals surface area (Å²) in [6, 6.07) is 0.831. The van der Waals surface area contributed by atoms with Gasteiger partial charge in [-0.05, 0) is 19.8 Å². The van der Waals surface area contributed by atoms with Crippen molar-refractivity contribution in [3.63, 3.8) is 0 Å². The molecule has 2 heterocycles. The minimum Gasteiger partial charge on any atom is -0.339 e. The van der Waals surface area contributed by atoms with Crippen LogP contribution in [0.4, 0.5) is 0 Å². The Morgan fingerprint density at radius 2 is 2.17 bits per heavy atom. The van der Waals surface area contributed by atoms with E-state index in [-0.39, 0.29) is 5.41 Å². The van der Waals surface area contributed by atoms with E-state index in [1.54, 1.807) is 0 Å². The highest BCUT2D eigenvalue weighted by atomic mass is 16.5. The third-order valence-corrected chi connectivity index (χ3v) is 3.51. The molecule has 2 unspecified atom stereocenters. The van der Waals surface area contributed by atoms with Crippen molar-refractivity contribution in [2.45, 2.75) is 64.6 Å². The number of aromatic nitrogens is 2. The van der Waals surface area contributed by atoms with Gasteiger partial charge in [0.1, 0.15) is 0 Å². The molecule has 2 N–H and O–H groups in total. The minimum absolute atomic E-state index is 0.0822. The normalized spacial score (nSPS) is 26.5. The SMILES string of the molecule is CC1CC(N)CCN1Cc1noc(C(C)(C)C)n1. The van der Waals surface area contributed by atoms with Crippen LogP contribution in [0.3, 0.4) is 0 Å². The van der Waals surface area contributed by atoms with Gasteiger partial charge >= 0.3 is 0 Å². The molecule has 1 aliphatic heterocycles. The first kappa shape index (κ1) is 13.5. The lowest BCUT2D eigenvalue weighted by Crippen LogP contribution is -2.45. The second-order valence-electron chi connectivity index (χ2n) is 6.37. The van der Waals surface area contributed by atoms with Gasteiger partial charge in [-0.25, -0.2) is 0 Å². The molecule has 0 bridgehead atoms. The Morgan fingerprint density at radius 1 is 1.44 bits per heavy atom. The van der Waals surface area contributed by atoms with Gasteiger partial charge < -0.3 is 10.3 Å². The molecule has 0 radical (unpaired) electrons. The third kappa shape index (κ3) is 3.09. The van der Waals surface area contributed by atoms with Gasteiger partial charge in [0.15, 0.2) is 5.82 Å². The predicted octanol–water partition coefficient (Wildman–Crippen LogP) is 1.68. The number of likely N-dealkylation sites (tertiary alicyclic amines) is 1. The summed E-state index contributed by atoms with van der Waals surface area (Å²) in [5.41, 5.74) is 5.88. The monoisotopic (exact) mass is 252 g/mol. The van der Waals surface area contributed by atoms with E-state index < -0.39 is 0 Å². The molecule has 1 aromatic heterocycles. The van der Waals surface area contributed by atoms with Gasteiger partial charge in [0.2, 0.25) is 5.89 Å². The quantitative estimate of drug-likeness (QED) is 0.867. The van der Waals surface area contributed by atoms with Crippen LogP contribution in [0.1, 0.15) is 52.3 Å². The van der Waals surface area contributed by atoms with Gasteiger partial charge in [-0.1, -0.05) is 25.9 Å². The summed E-state index contributed by atoms with van der Waals surface area (Å²) in [6.45, 7) is 10.2. The Bertz CT molecular complexity index is 396. The molecular weight excluding hydrogens is 228 g/mol. The van der Waals surface area contributed by atoms with Gasteiger partial charge in [0.05, 0.1) is 6.54 Å². The van der Waals surface area contributed by atoms with Gasteiger partial charge in [0.25, 0.3) is 0 Å². The fraction of sp³-hybridized carbons (Fsp3) is 0.846. The molecule has 0 aromatic carbocycles. The fourth-order valence-corrected chi connectivity index (χ4v) is 2.30. The van der Waals surface area contributed by atoms with E-state index in [0.29, 0.717) is 18.0 Å². The second kappa shape index (κ2) is 4.97. The topological polar surface area (TPSA) is 68.2 Å². The highest BCUT2D eigenvalue weighted by Crippen LogP contribution is 2.21. The molecule has 18 heavy (non-hydrogen) atoms. The van der Waals surface area contributed by atoms with Gasteiger partial charge in [-0.2, -0.15) is 4.98 Å². The lowest BCUT2D eigenvalue weighted by molar-refractivity contribution is 0.135. The molecule has 1 saturated heterocycles. The summed E-state index contributed by atoms with van der Waals surface area (Å²) in [5, 5.41) is 4.07. The molecule has 2 rings (SSSR count). The van der Waals surface area contributed by atoms with Gasteiger partial charge in [-0.15, -0.1) is 0 Å². The Morgan fingerprint density at radius 3 is 2.72 bits per heavy atom. The summed E-state index contributed by atoms with van der Waals surface area (Å²) < 4.78 is 5.31. The Hall–Kier alpha value is -0.940. The van der Waals surface area contributed by atoms with Crippen molar-refractivity contribution in [2.24, 2.45) is 5.73 Å². The van der Waals surface area contributed by atoms with E-state index in [2.05, 4.69) is 42.7 Å². The lowest BCUT2D eigenvalue weighted by Gasteiger charge is -2.35. The highest BCUT2D eigenvalue weighted by molar-refractivity contribution is 4.98. The van der Waals surface area contributed by atoms with Crippen LogP contribution in [0.2, 0.25) is 0 Å². The molecule has 0 saturated carbocycles. The van der Waals surface area contributed by atoms with E-state index in [0.717, 1.165) is 31.8 Å². The van der Waals surface area contributed by atoms with Crippen molar-refractivity contribution < 1.29 is 4.52 Å². The van der Waals surface area contributed by atoms with E-state index in [9.17, 15) is 0 Å². The second-order valence-corrected chi connectivity index (χ2v) is 6.37. The number of nitrogens with zero attached hydrogens (tertiary/aromatic N) is 3. The Kier molecular flexibility index (Phi) is 3.73. The van der Waals surface area contributed by atoms with Crippen LogP contribution in [0.15, 0.2) is 4.52 Å². The first-order valence-corrected chi connectivity index (χ1v) is 6.69. The average molecular weight is 252 g/mol. The fourth-order valence-electron chi connectivity index (χ4n) is 2.30. The van der Waals surface area contributed by atoms with E-state index in [1.165, 1.54) is 0 Å². The van der Waals surface area contributed by atoms with Crippen molar-refractivity contribution in [2.75, 3.05) is 6.54 Å². The van der Waals surface area contributed by atoms with Crippen molar-refractivity contribution in [3.8, 4) is 0 Å². The Labute approximate surface area is 109 Å². The van der Waals surface area contributed by atoms with Crippen LogP contribution in [0.5, 0.6) is 0 Å². The summed E-state index contributed by atoms with van der Waals surface area (Å²) in [7, 11) is 0. The number of hydrogen-bond donors (Lipinski definition) is 1. The molecule has 2 atom stereocenters. The molecule has 5 heteroatoms. The van der Waals surface area contributed by atoms with Crippen LogP contribution in [0.25, 0.3) is 0 Å². The molecule has 1 aromatic rings. The summed E-state index contributed by atoms with van der Waals surface area (Å²) in [4.78, 5) is 6.85. The highest BCUT2D eigenvalue weighted by Gasteiger charge is 2.26. The third-order valence-electron chi connectivity index (χ3n) is 3.51. The maximum absolute atomic E-state index is 5.97. The number of nitrogens with two attached hydrogens (primary N) is 1. The van der Waals surface area contributed by atoms with E-state index in [4.69, 9.17) is 10.3 Å². The van der Waals surface area contributed by atoms with E-state index in [1.807, 2.05) is 0 Å². The van der Waals surface area contributed by atoms with Crippen LogP contribution in [0, 0.1) is 0 Å². The van der Waals surface area contributed by atoms with Crippen LogP contribution < -0.4 is 5.73 Å². The first-order valence-electron chi connectivity index (χ1n) is 6.69. The molecule has 0 spiro atoms. The summed E-state index contributed by atoms with van der Waals surface area (Å²) in [6.07, 6.45) is 2.10. The van der Waals surface area contributed by atoms with Gasteiger partial charge in [0, 0.05) is 24.0 Å². The van der Waals surface area contributed by atoms with Crippen molar-refractivity contribution in [1.29, 1.82) is 0 Å². The van der Waals surface area contributed by atoms with Gasteiger partial charge in [-0.3, -0.25) is 4.90 Å². The molecule has 0 aliphatic carbocycles. The average Bonchev–Trinajstić information content (AvgIpc) is 2.70.